The Morgan fingerprint density at radius 3 is 2.63 bits per heavy atom. The van der Waals surface area contributed by atoms with E-state index in [9.17, 15) is 22.8 Å². The van der Waals surface area contributed by atoms with Gasteiger partial charge in [-0.05, 0) is 39.2 Å². The zero-order chi connectivity index (χ0) is 28.8. The van der Waals surface area contributed by atoms with E-state index in [1.807, 2.05) is 0 Å². The molecule has 2 aromatic rings. The van der Waals surface area contributed by atoms with Gasteiger partial charge in [0.15, 0.2) is 17.4 Å². The van der Waals surface area contributed by atoms with Crippen molar-refractivity contribution in [2.45, 2.75) is 64.1 Å². The largest absolute Gasteiger partial charge is 0.483 e. The molecule has 13 heteroatoms. The van der Waals surface area contributed by atoms with Gasteiger partial charge in [0.2, 0.25) is 0 Å². The van der Waals surface area contributed by atoms with Crippen molar-refractivity contribution in [2.24, 2.45) is 11.0 Å². The predicted octanol–water partition coefficient (Wildman–Crippen LogP) is 4.28. The molecular weight excluding hydrogens is 539 g/mol. The molecule has 3 amide bonds. The van der Waals surface area contributed by atoms with Crippen LogP contribution in [-0.2, 0) is 0 Å². The van der Waals surface area contributed by atoms with Gasteiger partial charge >= 0.3 is 6.03 Å². The first kappa shape index (κ1) is 27.0. The Morgan fingerprint density at radius 1 is 1.15 bits per heavy atom. The summed E-state index contributed by atoms with van der Waals surface area (Å²) in [5.41, 5.74) is 1.58. The Hall–Kier alpha value is -4.16. The highest BCUT2D eigenvalue weighted by molar-refractivity contribution is 5.96. The molecule has 1 saturated heterocycles. The highest BCUT2D eigenvalue weighted by Crippen LogP contribution is 2.33. The third kappa shape index (κ3) is 5.20. The Balaban J connectivity index is 1.10. The molecule has 2 atom stereocenters. The third-order valence-corrected chi connectivity index (χ3v) is 8.05. The number of ether oxygens (including phenoxy) is 1. The molecular formula is C28H30F3N7O3. The number of hydrazone groups is 1. The lowest BCUT2D eigenvalue weighted by molar-refractivity contribution is 0.0234. The second-order valence-electron chi connectivity index (χ2n) is 10.9. The Morgan fingerprint density at radius 2 is 1.93 bits per heavy atom. The first-order valence-electron chi connectivity index (χ1n) is 13.7. The molecule has 1 unspecified atom stereocenters. The molecule has 0 spiro atoms. The highest BCUT2D eigenvalue weighted by Gasteiger charge is 2.41. The molecule has 1 N–H and O–H groups in total. The van der Waals surface area contributed by atoms with E-state index in [1.165, 1.54) is 26.7 Å². The van der Waals surface area contributed by atoms with Gasteiger partial charge in [-0.1, -0.05) is 0 Å². The summed E-state index contributed by atoms with van der Waals surface area (Å²) in [7, 11) is 0. The van der Waals surface area contributed by atoms with Gasteiger partial charge in [0, 0.05) is 43.2 Å². The van der Waals surface area contributed by atoms with E-state index in [-0.39, 0.29) is 37.2 Å². The molecule has 2 aliphatic carbocycles. The van der Waals surface area contributed by atoms with Crippen molar-refractivity contribution in [1.82, 2.24) is 30.0 Å². The molecule has 0 radical (unpaired) electrons. The van der Waals surface area contributed by atoms with Crippen LogP contribution in [0.3, 0.4) is 0 Å². The van der Waals surface area contributed by atoms with Crippen molar-refractivity contribution in [3.05, 3.63) is 58.8 Å². The molecule has 2 aromatic heterocycles. The monoisotopic (exact) mass is 569 g/mol. The van der Waals surface area contributed by atoms with E-state index in [4.69, 9.17) is 4.74 Å². The van der Waals surface area contributed by atoms with Crippen molar-refractivity contribution < 1.29 is 27.5 Å². The average Bonchev–Trinajstić information content (AvgIpc) is 3.48. The minimum absolute atomic E-state index is 0.00253. The summed E-state index contributed by atoms with van der Waals surface area (Å²) in [6, 6.07) is 0.700. The normalized spacial score (nSPS) is 22.7. The topological polar surface area (TPSA) is 105 Å². The van der Waals surface area contributed by atoms with E-state index in [1.54, 1.807) is 20.1 Å². The summed E-state index contributed by atoms with van der Waals surface area (Å²) in [5.74, 6) is -2.38. The second kappa shape index (κ2) is 10.7. The van der Waals surface area contributed by atoms with Crippen LogP contribution in [-0.4, -0.2) is 74.1 Å². The molecule has 2 fully saturated rings. The van der Waals surface area contributed by atoms with Gasteiger partial charge < -0.3 is 15.0 Å². The van der Waals surface area contributed by atoms with E-state index in [2.05, 4.69) is 20.5 Å². The molecule has 41 heavy (non-hydrogen) atoms. The Labute approximate surface area is 234 Å². The number of hydrogen-bond acceptors (Lipinski definition) is 6. The van der Waals surface area contributed by atoms with Crippen molar-refractivity contribution in [3.8, 4) is 11.6 Å². The van der Waals surface area contributed by atoms with Gasteiger partial charge in [0.05, 0.1) is 42.3 Å². The van der Waals surface area contributed by atoms with Crippen LogP contribution in [0.2, 0.25) is 0 Å². The lowest BCUT2D eigenvalue weighted by Crippen LogP contribution is -2.60. The molecule has 4 heterocycles. The van der Waals surface area contributed by atoms with Gasteiger partial charge in [-0.25, -0.2) is 32.6 Å². The summed E-state index contributed by atoms with van der Waals surface area (Å²) < 4.78 is 49.6. The average molecular weight is 570 g/mol. The molecule has 4 aliphatic rings. The van der Waals surface area contributed by atoms with Gasteiger partial charge in [-0.15, -0.1) is 0 Å². The number of rotatable bonds is 6. The van der Waals surface area contributed by atoms with Crippen LogP contribution >= 0.6 is 0 Å². The first-order chi connectivity index (χ1) is 19.7. The van der Waals surface area contributed by atoms with Crippen LogP contribution in [0.5, 0.6) is 5.75 Å². The summed E-state index contributed by atoms with van der Waals surface area (Å²) in [5, 5.41) is 12.9. The molecule has 1 saturated carbocycles. The number of amides is 3. The Kier molecular flexibility index (Phi) is 7.04. The fourth-order valence-electron chi connectivity index (χ4n) is 5.58. The molecule has 0 aromatic carbocycles. The molecule has 216 valence electrons. The van der Waals surface area contributed by atoms with Gasteiger partial charge in [-0.2, -0.15) is 10.2 Å². The summed E-state index contributed by atoms with van der Waals surface area (Å²) in [4.78, 5) is 31.5. The van der Waals surface area contributed by atoms with E-state index < -0.39 is 41.6 Å². The van der Waals surface area contributed by atoms with E-state index in [0.29, 0.717) is 29.2 Å². The number of aryl methyl sites for hydroxylation is 1. The smallest absolute Gasteiger partial charge is 0.340 e. The minimum atomic E-state index is -0.673. The van der Waals surface area contributed by atoms with Crippen LogP contribution in [0.4, 0.5) is 18.0 Å². The van der Waals surface area contributed by atoms with Crippen LogP contribution in [0.25, 0.3) is 5.82 Å². The number of allylic oxidation sites excluding steroid dienone is 3. The fraction of sp³-hybridized carbons (Fsp3) is 0.464. The number of nitrogens with one attached hydrogen (secondary N) is 1. The van der Waals surface area contributed by atoms with Crippen molar-refractivity contribution in [3.63, 3.8) is 0 Å². The number of nitrogens with zero attached hydrogens (tertiary/aromatic N) is 6. The first-order valence-corrected chi connectivity index (χ1v) is 13.7. The zero-order valence-corrected chi connectivity index (χ0v) is 22.7. The number of hydrogen-bond donors (Lipinski definition) is 1. The van der Waals surface area contributed by atoms with Gasteiger partial charge in [-0.3, -0.25) is 4.79 Å². The van der Waals surface area contributed by atoms with Crippen molar-refractivity contribution in [1.29, 1.82) is 0 Å². The number of aromatic nitrogens is 3. The third-order valence-electron chi connectivity index (χ3n) is 8.05. The molecule has 2 aliphatic heterocycles. The maximum Gasteiger partial charge on any atom is 0.340 e. The fourth-order valence-corrected chi connectivity index (χ4v) is 5.58. The maximum atomic E-state index is 14.7. The number of pyridine rings is 1. The number of urea groups is 1. The molecule has 6 rings (SSSR count). The van der Waals surface area contributed by atoms with Crippen LogP contribution in [0, 0.1) is 25.6 Å². The zero-order valence-electron chi connectivity index (χ0n) is 22.7. The maximum absolute atomic E-state index is 14.7. The number of carbonyl (C=O) groups excluding carboxylic acids is 2. The quantitative estimate of drug-likeness (QED) is 0.560. The minimum Gasteiger partial charge on any atom is -0.483 e. The van der Waals surface area contributed by atoms with Crippen LogP contribution < -0.4 is 10.1 Å². The van der Waals surface area contributed by atoms with Crippen molar-refractivity contribution in [2.75, 3.05) is 13.1 Å². The lowest BCUT2D eigenvalue weighted by atomic mass is 9.90. The predicted molar refractivity (Wildman–Crippen MR) is 143 cm³/mol. The van der Waals surface area contributed by atoms with Crippen molar-refractivity contribution >= 4 is 18.2 Å². The second-order valence-corrected chi connectivity index (χ2v) is 10.9. The Bertz CT molecular complexity index is 1480. The summed E-state index contributed by atoms with van der Waals surface area (Å²) in [6.45, 7) is 3.86. The lowest BCUT2D eigenvalue weighted by Gasteiger charge is -2.41. The van der Waals surface area contributed by atoms with Gasteiger partial charge in [0.25, 0.3) is 5.91 Å². The SMILES string of the molecule is Cc1nn(-c2cc(OC3CN(C(=O)N4N=CC[C@H]4C4C=C(F)C=C(F)C4)C3)c(F)cn2)c(C)c1C(=O)NC1CCC1. The summed E-state index contributed by atoms with van der Waals surface area (Å²) in [6.07, 6.45) is 7.70. The summed E-state index contributed by atoms with van der Waals surface area (Å²) >= 11 is 0. The van der Waals surface area contributed by atoms with Crippen LogP contribution in [0.15, 0.2) is 41.2 Å². The standard InChI is InChI=1S/C28H30F3N7O3/c1-15-26(27(39)34-20-4-3-5-20)16(2)37(35-15)25-11-24(22(31)12-32-25)41-21-13-36(14-21)28(40)38-23(6-7-33-38)17-8-18(29)10-19(30)9-17/h7-8,10-12,17,20-21,23H,3-6,9,13-14H2,1-2H3,(H,34,39)/t17?,23-/m0/s1. The van der Waals surface area contributed by atoms with Crippen LogP contribution in [0.1, 0.15) is 53.8 Å². The molecule has 0 bridgehead atoms. The molecule has 10 nitrogen and oxygen atoms in total. The van der Waals surface area contributed by atoms with E-state index in [0.717, 1.165) is 31.5 Å². The number of likely N-dealkylation sites (tertiary alicyclic amines) is 1. The van der Waals surface area contributed by atoms with E-state index >= 15 is 0 Å². The van der Waals surface area contributed by atoms with Gasteiger partial charge in [0.1, 0.15) is 17.8 Å². The number of carbonyl (C=O) groups is 2. The highest BCUT2D eigenvalue weighted by atomic mass is 19.1. The number of halogens is 3.